The minimum atomic E-state index is -0.325. The molecule has 0 spiro atoms. The summed E-state index contributed by atoms with van der Waals surface area (Å²) in [6, 6.07) is -0.0671. The highest BCUT2D eigenvalue weighted by Gasteiger charge is 2.17. The first-order chi connectivity index (χ1) is 4.22. The van der Waals surface area contributed by atoms with Crippen molar-refractivity contribution < 1.29 is 10.0 Å². The summed E-state index contributed by atoms with van der Waals surface area (Å²) in [5.41, 5.74) is 0. The molecule has 9 heavy (non-hydrogen) atoms. The van der Waals surface area contributed by atoms with Gasteiger partial charge in [0.15, 0.2) is 0 Å². The van der Waals surface area contributed by atoms with Crippen molar-refractivity contribution in [1.82, 2.24) is 5.06 Å². The maximum Gasteiger partial charge on any atom is 0.269 e. The average Bonchev–Trinajstić information content (AvgIpc) is 1.83. The molecule has 0 saturated carbocycles. The number of nitrogens with zero attached hydrogens (tertiary/aromatic N) is 1. The van der Waals surface area contributed by atoms with Crippen molar-refractivity contribution in [2.75, 3.05) is 0 Å². The summed E-state index contributed by atoms with van der Waals surface area (Å²) in [6.07, 6.45) is 3.88. The second kappa shape index (κ2) is 2.19. The SMILES string of the molecule is CC1CC=CC(=O)N1O. The molecular formula is C6H9NO2. The van der Waals surface area contributed by atoms with Crippen LogP contribution < -0.4 is 0 Å². The Morgan fingerprint density at radius 2 is 2.56 bits per heavy atom. The molecule has 50 valence electrons. The molecule has 0 aromatic heterocycles. The molecule has 1 heterocycles. The molecule has 3 heteroatoms. The number of rotatable bonds is 0. The van der Waals surface area contributed by atoms with Gasteiger partial charge in [0.05, 0.1) is 6.04 Å². The van der Waals surface area contributed by atoms with Crippen LogP contribution in [0.2, 0.25) is 0 Å². The topological polar surface area (TPSA) is 40.5 Å². The third kappa shape index (κ3) is 1.10. The van der Waals surface area contributed by atoms with Crippen molar-refractivity contribution in [2.45, 2.75) is 19.4 Å². The molecule has 0 aromatic rings. The standard InChI is InChI=1S/C6H9NO2/c1-5-3-2-4-6(8)7(5)9/h2,4-5,9H,3H2,1H3. The molecule has 0 aliphatic carbocycles. The molecule has 1 rings (SSSR count). The first kappa shape index (κ1) is 6.29. The van der Waals surface area contributed by atoms with E-state index in [0.29, 0.717) is 0 Å². The van der Waals surface area contributed by atoms with E-state index in [-0.39, 0.29) is 11.9 Å². The molecule has 1 unspecified atom stereocenters. The fourth-order valence-electron chi connectivity index (χ4n) is 0.759. The van der Waals surface area contributed by atoms with Crippen LogP contribution in [0, 0.1) is 0 Å². The zero-order chi connectivity index (χ0) is 6.85. The van der Waals surface area contributed by atoms with Crippen molar-refractivity contribution in [3.05, 3.63) is 12.2 Å². The zero-order valence-electron chi connectivity index (χ0n) is 5.24. The Morgan fingerprint density at radius 3 is 3.00 bits per heavy atom. The molecule has 0 bridgehead atoms. The van der Waals surface area contributed by atoms with E-state index in [4.69, 9.17) is 5.21 Å². The zero-order valence-corrected chi connectivity index (χ0v) is 5.24. The number of carbonyl (C=O) groups is 1. The second-order valence-corrected chi connectivity index (χ2v) is 2.17. The highest BCUT2D eigenvalue weighted by Crippen LogP contribution is 2.07. The van der Waals surface area contributed by atoms with E-state index in [1.807, 2.05) is 0 Å². The molecule has 0 fully saturated rings. The maximum absolute atomic E-state index is 10.6. The Balaban J connectivity index is 2.69. The third-order valence-electron chi connectivity index (χ3n) is 1.38. The van der Waals surface area contributed by atoms with Gasteiger partial charge < -0.3 is 0 Å². The van der Waals surface area contributed by atoms with Crippen LogP contribution in [-0.4, -0.2) is 22.2 Å². The van der Waals surface area contributed by atoms with Gasteiger partial charge >= 0.3 is 0 Å². The smallest absolute Gasteiger partial charge is 0.269 e. The fraction of sp³-hybridized carbons (Fsp3) is 0.500. The number of hydrogen-bond donors (Lipinski definition) is 1. The number of carbonyl (C=O) groups excluding carboxylic acids is 1. The lowest BCUT2D eigenvalue weighted by Crippen LogP contribution is -2.36. The van der Waals surface area contributed by atoms with Crippen LogP contribution in [-0.2, 0) is 4.79 Å². The van der Waals surface area contributed by atoms with Crippen molar-refractivity contribution in [2.24, 2.45) is 0 Å². The first-order valence-electron chi connectivity index (χ1n) is 2.90. The molecular weight excluding hydrogens is 118 g/mol. The van der Waals surface area contributed by atoms with Crippen LogP contribution >= 0.6 is 0 Å². The van der Waals surface area contributed by atoms with E-state index in [0.717, 1.165) is 11.5 Å². The van der Waals surface area contributed by atoms with Crippen molar-refractivity contribution in [3.8, 4) is 0 Å². The summed E-state index contributed by atoms with van der Waals surface area (Å²) < 4.78 is 0. The van der Waals surface area contributed by atoms with Gasteiger partial charge in [-0.2, -0.15) is 0 Å². The Labute approximate surface area is 53.5 Å². The predicted molar refractivity (Wildman–Crippen MR) is 31.9 cm³/mol. The number of hydrogen-bond acceptors (Lipinski definition) is 2. The van der Waals surface area contributed by atoms with Gasteiger partial charge in [0.1, 0.15) is 0 Å². The Hall–Kier alpha value is -0.830. The van der Waals surface area contributed by atoms with Crippen molar-refractivity contribution in [3.63, 3.8) is 0 Å². The lowest BCUT2D eigenvalue weighted by molar-refractivity contribution is -0.169. The summed E-state index contributed by atoms with van der Waals surface area (Å²) in [6.45, 7) is 1.79. The van der Waals surface area contributed by atoms with E-state index < -0.39 is 0 Å². The molecule has 0 aromatic carbocycles. The van der Waals surface area contributed by atoms with Crippen LogP contribution in [0.5, 0.6) is 0 Å². The molecule has 1 aliphatic heterocycles. The molecule has 1 N–H and O–H groups in total. The third-order valence-corrected chi connectivity index (χ3v) is 1.38. The van der Waals surface area contributed by atoms with Gasteiger partial charge in [-0.15, -0.1) is 0 Å². The number of hydroxylamine groups is 2. The Bertz CT molecular complexity index is 153. The van der Waals surface area contributed by atoms with Crippen LogP contribution in [0.25, 0.3) is 0 Å². The van der Waals surface area contributed by atoms with Gasteiger partial charge in [0, 0.05) is 6.08 Å². The van der Waals surface area contributed by atoms with Gasteiger partial charge in [-0.05, 0) is 13.3 Å². The summed E-state index contributed by atoms with van der Waals surface area (Å²) in [5, 5.41) is 9.63. The Morgan fingerprint density at radius 1 is 1.89 bits per heavy atom. The Kier molecular flexibility index (Phi) is 1.53. The molecule has 3 nitrogen and oxygen atoms in total. The second-order valence-electron chi connectivity index (χ2n) is 2.17. The predicted octanol–water partition coefficient (Wildman–Crippen LogP) is 0.553. The van der Waals surface area contributed by atoms with E-state index >= 15 is 0 Å². The molecule has 0 saturated heterocycles. The summed E-state index contributed by atoms with van der Waals surface area (Å²) in [7, 11) is 0. The first-order valence-corrected chi connectivity index (χ1v) is 2.90. The summed E-state index contributed by atoms with van der Waals surface area (Å²) in [4.78, 5) is 10.6. The molecule has 1 aliphatic rings. The van der Waals surface area contributed by atoms with Gasteiger partial charge in [-0.3, -0.25) is 10.0 Å². The maximum atomic E-state index is 10.6. The van der Waals surface area contributed by atoms with E-state index in [1.165, 1.54) is 6.08 Å². The largest absolute Gasteiger partial charge is 0.285 e. The highest BCUT2D eigenvalue weighted by atomic mass is 16.5. The minimum absolute atomic E-state index is 0.0671. The fourth-order valence-corrected chi connectivity index (χ4v) is 0.759. The van der Waals surface area contributed by atoms with Gasteiger partial charge in [0.2, 0.25) is 0 Å². The van der Waals surface area contributed by atoms with Crippen LogP contribution in [0.1, 0.15) is 13.3 Å². The number of amides is 1. The molecule has 1 atom stereocenters. The van der Waals surface area contributed by atoms with Crippen molar-refractivity contribution in [1.29, 1.82) is 0 Å². The van der Waals surface area contributed by atoms with Gasteiger partial charge in [-0.25, -0.2) is 5.06 Å². The summed E-state index contributed by atoms with van der Waals surface area (Å²) >= 11 is 0. The average molecular weight is 127 g/mol. The molecule has 1 amide bonds. The van der Waals surface area contributed by atoms with E-state index in [2.05, 4.69) is 0 Å². The van der Waals surface area contributed by atoms with Gasteiger partial charge in [-0.1, -0.05) is 6.08 Å². The minimum Gasteiger partial charge on any atom is -0.285 e. The van der Waals surface area contributed by atoms with Crippen LogP contribution in [0.3, 0.4) is 0 Å². The van der Waals surface area contributed by atoms with E-state index in [9.17, 15) is 4.79 Å². The summed E-state index contributed by atoms with van der Waals surface area (Å²) in [5.74, 6) is -0.325. The van der Waals surface area contributed by atoms with Crippen molar-refractivity contribution >= 4 is 5.91 Å². The normalized spacial score (nSPS) is 27.1. The highest BCUT2D eigenvalue weighted by molar-refractivity contribution is 5.87. The lowest BCUT2D eigenvalue weighted by atomic mass is 10.1. The monoisotopic (exact) mass is 127 g/mol. The molecule has 0 radical (unpaired) electrons. The van der Waals surface area contributed by atoms with E-state index in [1.54, 1.807) is 13.0 Å². The van der Waals surface area contributed by atoms with Crippen LogP contribution in [0.4, 0.5) is 0 Å². The van der Waals surface area contributed by atoms with Crippen LogP contribution in [0.15, 0.2) is 12.2 Å². The van der Waals surface area contributed by atoms with Gasteiger partial charge in [0.25, 0.3) is 5.91 Å². The quantitative estimate of drug-likeness (QED) is 0.483. The lowest BCUT2D eigenvalue weighted by Gasteiger charge is -2.22.